The summed E-state index contributed by atoms with van der Waals surface area (Å²) in [7, 11) is -0.431. The Kier molecular flexibility index (Phi) is 4.67. The third-order valence-corrected chi connectivity index (χ3v) is 6.31. The van der Waals surface area contributed by atoms with Crippen LogP contribution in [-0.2, 0) is 27.7 Å². The third kappa shape index (κ3) is 3.45. The molecule has 1 aliphatic rings. The number of fused-ring (bicyclic) bond motifs is 1. The molecule has 132 valence electrons. The zero-order valence-electron chi connectivity index (χ0n) is 14.7. The quantitative estimate of drug-likeness (QED) is 0.843. The highest BCUT2D eigenvalue weighted by molar-refractivity contribution is 7.89. The van der Waals surface area contributed by atoms with Gasteiger partial charge in [0, 0.05) is 26.3 Å². The average Bonchev–Trinajstić information content (AvgIpc) is 3.00. The highest BCUT2D eigenvalue weighted by atomic mass is 32.2. The SMILES string of the molecule is Cc1ccc(CC(=O)N2CCc3cc(S(=O)(=O)N(C)C)ccc32)cc1. The summed E-state index contributed by atoms with van der Waals surface area (Å²) < 4.78 is 25.7. The van der Waals surface area contributed by atoms with Gasteiger partial charge in [0.15, 0.2) is 0 Å². The largest absolute Gasteiger partial charge is 0.312 e. The van der Waals surface area contributed by atoms with Crippen LogP contribution in [0, 0.1) is 6.92 Å². The summed E-state index contributed by atoms with van der Waals surface area (Å²) >= 11 is 0. The van der Waals surface area contributed by atoms with E-state index < -0.39 is 10.0 Å². The van der Waals surface area contributed by atoms with Crippen molar-refractivity contribution in [2.24, 2.45) is 0 Å². The number of hydrogen-bond donors (Lipinski definition) is 0. The van der Waals surface area contributed by atoms with E-state index in [1.807, 2.05) is 31.2 Å². The minimum atomic E-state index is -3.46. The molecule has 0 radical (unpaired) electrons. The molecule has 0 spiro atoms. The van der Waals surface area contributed by atoms with Gasteiger partial charge in [0.2, 0.25) is 15.9 Å². The molecule has 0 saturated carbocycles. The molecule has 0 atom stereocenters. The number of anilines is 1. The molecule has 2 aromatic carbocycles. The van der Waals surface area contributed by atoms with Gasteiger partial charge in [-0.2, -0.15) is 0 Å². The van der Waals surface area contributed by atoms with Crippen molar-refractivity contribution in [2.45, 2.75) is 24.7 Å². The van der Waals surface area contributed by atoms with Crippen molar-refractivity contribution in [2.75, 3.05) is 25.5 Å². The van der Waals surface area contributed by atoms with Crippen LogP contribution in [0.15, 0.2) is 47.4 Å². The first kappa shape index (κ1) is 17.6. The highest BCUT2D eigenvalue weighted by Crippen LogP contribution is 2.31. The maximum atomic E-state index is 12.7. The van der Waals surface area contributed by atoms with E-state index >= 15 is 0 Å². The number of carbonyl (C=O) groups is 1. The van der Waals surface area contributed by atoms with E-state index in [9.17, 15) is 13.2 Å². The molecule has 0 bridgehead atoms. The Morgan fingerprint density at radius 1 is 1.12 bits per heavy atom. The van der Waals surface area contributed by atoms with Gasteiger partial charge < -0.3 is 4.90 Å². The Labute approximate surface area is 148 Å². The Hall–Kier alpha value is -2.18. The number of amides is 1. The van der Waals surface area contributed by atoms with Crippen molar-refractivity contribution in [3.05, 3.63) is 59.2 Å². The summed E-state index contributed by atoms with van der Waals surface area (Å²) in [4.78, 5) is 14.7. The van der Waals surface area contributed by atoms with Crippen molar-refractivity contribution < 1.29 is 13.2 Å². The van der Waals surface area contributed by atoms with Crippen LogP contribution >= 0.6 is 0 Å². The third-order valence-electron chi connectivity index (χ3n) is 4.50. The molecular formula is C19H22N2O3S. The van der Waals surface area contributed by atoms with Crippen LogP contribution in [-0.4, -0.2) is 39.3 Å². The lowest BCUT2D eigenvalue weighted by molar-refractivity contribution is -0.117. The highest BCUT2D eigenvalue weighted by Gasteiger charge is 2.27. The first-order chi connectivity index (χ1) is 11.8. The first-order valence-electron chi connectivity index (χ1n) is 8.20. The van der Waals surface area contributed by atoms with Crippen LogP contribution in [0.4, 0.5) is 5.69 Å². The average molecular weight is 358 g/mol. The van der Waals surface area contributed by atoms with Crippen molar-refractivity contribution >= 4 is 21.6 Å². The maximum Gasteiger partial charge on any atom is 0.242 e. The lowest BCUT2D eigenvalue weighted by Crippen LogP contribution is -2.30. The fraction of sp³-hybridized carbons (Fsp3) is 0.316. The predicted molar refractivity (Wildman–Crippen MR) is 98.3 cm³/mol. The predicted octanol–water partition coefficient (Wildman–Crippen LogP) is 2.38. The Balaban J connectivity index is 1.82. The lowest BCUT2D eigenvalue weighted by atomic mass is 10.1. The molecule has 0 fully saturated rings. The molecule has 3 rings (SSSR count). The van der Waals surface area contributed by atoms with Crippen LogP contribution < -0.4 is 4.90 Å². The molecule has 0 unspecified atom stereocenters. The summed E-state index contributed by atoms with van der Waals surface area (Å²) in [5.74, 6) is 0.0332. The van der Waals surface area contributed by atoms with Crippen molar-refractivity contribution in [3.63, 3.8) is 0 Å². The number of rotatable bonds is 4. The Morgan fingerprint density at radius 2 is 1.80 bits per heavy atom. The van der Waals surface area contributed by atoms with Crippen LogP contribution in [0.25, 0.3) is 0 Å². The maximum absolute atomic E-state index is 12.7. The molecule has 0 aliphatic carbocycles. The van der Waals surface area contributed by atoms with E-state index in [1.165, 1.54) is 18.4 Å². The molecule has 6 heteroatoms. The molecular weight excluding hydrogens is 336 g/mol. The van der Waals surface area contributed by atoms with Gasteiger partial charge in [0.1, 0.15) is 0 Å². The molecule has 0 aromatic heterocycles. The number of aryl methyl sites for hydroxylation is 1. The van der Waals surface area contributed by atoms with Crippen LogP contribution in [0.3, 0.4) is 0 Å². The molecule has 2 aromatic rings. The van der Waals surface area contributed by atoms with Crippen LogP contribution in [0.1, 0.15) is 16.7 Å². The van der Waals surface area contributed by atoms with Gasteiger partial charge in [-0.15, -0.1) is 0 Å². The minimum absolute atomic E-state index is 0.0332. The summed E-state index contributed by atoms with van der Waals surface area (Å²) in [5.41, 5.74) is 3.86. The minimum Gasteiger partial charge on any atom is -0.312 e. The second kappa shape index (κ2) is 6.61. The monoisotopic (exact) mass is 358 g/mol. The summed E-state index contributed by atoms with van der Waals surface area (Å²) in [6.45, 7) is 2.60. The van der Waals surface area contributed by atoms with Crippen molar-refractivity contribution in [1.29, 1.82) is 0 Å². The molecule has 0 saturated heterocycles. The summed E-state index contributed by atoms with van der Waals surface area (Å²) in [6, 6.07) is 12.9. The molecule has 25 heavy (non-hydrogen) atoms. The number of sulfonamides is 1. The second-order valence-electron chi connectivity index (χ2n) is 6.54. The van der Waals surface area contributed by atoms with Crippen LogP contribution in [0.5, 0.6) is 0 Å². The smallest absolute Gasteiger partial charge is 0.242 e. The molecule has 1 amide bonds. The molecule has 0 N–H and O–H groups in total. The van der Waals surface area contributed by atoms with E-state index in [2.05, 4.69) is 0 Å². The van der Waals surface area contributed by atoms with Crippen molar-refractivity contribution in [3.8, 4) is 0 Å². The van der Waals surface area contributed by atoms with Gasteiger partial charge in [-0.3, -0.25) is 4.79 Å². The standard InChI is InChI=1S/C19H22N2O3S/c1-14-4-6-15(7-5-14)12-19(22)21-11-10-16-13-17(8-9-18(16)21)25(23,24)20(2)3/h4-9,13H,10-12H2,1-3H3. The topological polar surface area (TPSA) is 57.7 Å². The van der Waals surface area contributed by atoms with E-state index in [0.29, 0.717) is 19.4 Å². The van der Waals surface area contributed by atoms with Gasteiger partial charge in [-0.1, -0.05) is 29.8 Å². The second-order valence-corrected chi connectivity index (χ2v) is 8.69. The number of nitrogens with zero attached hydrogens (tertiary/aromatic N) is 2. The van der Waals surface area contributed by atoms with E-state index in [1.54, 1.807) is 23.1 Å². The van der Waals surface area contributed by atoms with E-state index in [-0.39, 0.29) is 10.8 Å². The molecule has 1 heterocycles. The van der Waals surface area contributed by atoms with Gasteiger partial charge in [0.25, 0.3) is 0 Å². The zero-order chi connectivity index (χ0) is 18.2. The number of carbonyl (C=O) groups excluding carboxylic acids is 1. The normalized spacial score (nSPS) is 14.0. The lowest BCUT2D eigenvalue weighted by Gasteiger charge is -2.18. The molecule has 5 nitrogen and oxygen atoms in total. The van der Waals surface area contributed by atoms with Gasteiger partial charge in [-0.05, 0) is 42.7 Å². The van der Waals surface area contributed by atoms with Gasteiger partial charge in [-0.25, -0.2) is 12.7 Å². The van der Waals surface area contributed by atoms with Gasteiger partial charge in [0.05, 0.1) is 11.3 Å². The van der Waals surface area contributed by atoms with E-state index in [4.69, 9.17) is 0 Å². The number of benzene rings is 2. The zero-order valence-corrected chi connectivity index (χ0v) is 15.5. The fourth-order valence-electron chi connectivity index (χ4n) is 2.98. The van der Waals surface area contributed by atoms with Crippen molar-refractivity contribution in [1.82, 2.24) is 4.31 Å². The Morgan fingerprint density at radius 3 is 2.44 bits per heavy atom. The Bertz CT molecular complexity index is 903. The van der Waals surface area contributed by atoms with Crippen LogP contribution in [0.2, 0.25) is 0 Å². The number of hydrogen-bond acceptors (Lipinski definition) is 3. The molecule has 1 aliphatic heterocycles. The van der Waals surface area contributed by atoms with Gasteiger partial charge >= 0.3 is 0 Å². The van der Waals surface area contributed by atoms with E-state index in [0.717, 1.165) is 22.4 Å². The fourth-order valence-corrected chi connectivity index (χ4v) is 3.94. The summed E-state index contributed by atoms with van der Waals surface area (Å²) in [6.07, 6.45) is 1.02. The first-order valence-corrected chi connectivity index (χ1v) is 9.64. The summed E-state index contributed by atoms with van der Waals surface area (Å²) in [5, 5.41) is 0.